The van der Waals surface area contributed by atoms with Crippen LogP contribution in [0.2, 0.25) is 10.0 Å². The van der Waals surface area contributed by atoms with Gasteiger partial charge in [-0.2, -0.15) is 5.10 Å². The lowest BCUT2D eigenvalue weighted by atomic mass is 10.3. The number of phenols is 1. The molecule has 0 radical (unpaired) electrons. The summed E-state index contributed by atoms with van der Waals surface area (Å²) in [5.41, 5.74) is 0.697. The van der Waals surface area contributed by atoms with Crippen LogP contribution in [0.4, 0.5) is 5.69 Å². The highest BCUT2D eigenvalue weighted by atomic mass is 35.5. The number of nitrogens with zero attached hydrogens (tertiary/aromatic N) is 1. The average Bonchev–Trinajstić information content (AvgIpc) is 2.79. The molecule has 0 fully saturated rings. The van der Waals surface area contributed by atoms with Gasteiger partial charge in [0.15, 0.2) is 5.75 Å². The Bertz CT molecular complexity index is 532. The smallest absolute Gasteiger partial charge is 0.273 e. The summed E-state index contributed by atoms with van der Waals surface area (Å²) in [5.74, 6) is -0.590. The first-order valence-electron chi connectivity index (χ1n) is 4.56. The Morgan fingerprint density at radius 3 is 2.53 bits per heavy atom. The normalized spacial score (nSPS) is 10.2. The second-order valence-corrected chi connectivity index (χ2v) is 4.03. The second-order valence-electron chi connectivity index (χ2n) is 3.21. The molecule has 0 aliphatic carbocycles. The number of amides is 1. The third-order valence-corrected chi connectivity index (χ3v) is 2.60. The second kappa shape index (κ2) is 4.65. The Labute approximate surface area is 106 Å². The number of carbonyl (C=O) groups is 1. The Kier molecular flexibility index (Phi) is 3.21. The van der Waals surface area contributed by atoms with Crippen LogP contribution in [-0.2, 0) is 0 Å². The molecule has 0 unspecified atom stereocenters. The topological polar surface area (TPSA) is 78.0 Å². The molecule has 0 atom stereocenters. The molecule has 7 heteroatoms. The fourth-order valence-electron chi connectivity index (χ4n) is 1.22. The van der Waals surface area contributed by atoms with Crippen LogP contribution < -0.4 is 5.32 Å². The van der Waals surface area contributed by atoms with E-state index >= 15 is 0 Å². The SMILES string of the molecule is O=C(Nc1cc(Cl)c(O)c(Cl)c1)c1ccn[nH]1. The zero-order valence-electron chi connectivity index (χ0n) is 8.37. The van der Waals surface area contributed by atoms with Gasteiger partial charge in [0, 0.05) is 11.9 Å². The first-order valence-corrected chi connectivity index (χ1v) is 5.32. The molecule has 0 saturated carbocycles. The van der Waals surface area contributed by atoms with Gasteiger partial charge in [-0.25, -0.2) is 0 Å². The van der Waals surface area contributed by atoms with Crippen molar-refractivity contribution in [2.75, 3.05) is 5.32 Å². The van der Waals surface area contributed by atoms with Crippen LogP contribution in [0.3, 0.4) is 0 Å². The third kappa shape index (κ3) is 2.51. The van der Waals surface area contributed by atoms with Crippen molar-refractivity contribution in [3.63, 3.8) is 0 Å². The monoisotopic (exact) mass is 271 g/mol. The number of aromatic hydroxyl groups is 1. The highest BCUT2D eigenvalue weighted by Crippen LogP contribution is 2.34. The van der Waals surface area contributed by atoms with Crippen molar-refractivity contribution in [1.29, 1.82) is 0 Å². The Morgan fingerprint density at radius 1 is 1.35 bits per heavy atom. The van der Waals surface area contributed by atoms with Crippen molar-refractivity contribution < 1.29 is 9.90 Å². The van der Waals surface area contributed by atoms with E-state index in [0.29, 0.717) is 11.4 Å². The van der Waals surface area contributed by atoms with Crippen LogP contribution >= 0.6 is 23.2 Å². The molecule has 0 spiro atoms. The van der Waals surface area contributed by atoms with Gasteiger partial charge in [-0.15, -0.1) is 0 Å². The van der Waals surface area contributed by atoms with E-state index in [2.05, 4.69) is 15.5 Å². The molecule has 0 aliphatic heterocycles. The summed E-state index contributed by atoms with van der Waals surface area (Å²) >= 11 is 11.4. The maximum atomic E-state index is 11.7. The fraction of sp³-hybridized carbons (Fsp3) is 0. The Hall–Kier alpha value is -1.72. The van der Waals surface area contributed by atoms with Gasteiger partial charge in [-0.3, -0.25) is 9.89 Å². The van der Waals surface area contributed by atoms with Crippen molar-refractivity contribution in [1.82, 2.24) is 10.2 Å². The maximum absolute atomic E-state index is 11.7. The van der Waals surface area contributed by atoms with Gasteiger partial charge >= 0.3 is 0 Å². The molecule has 1 aromatic carbocycles. The Morgan fingerprint density at radius 2 is 2.00 bits per heavy atom. The molecule has 1 heterocycles. The molecule has 88 valence electrons. The number of carbonyl (C=O) groups excluding carboxylic acids is 1. The van der Waals surface area contributed by atoms with Crippen LogP contribution in [0.15, 0.2) is 24.4 Å². The number of aromatic amines is 1. The van der Waals surface area contributed by atoms with Crippen molar-refractivity contribution in [3.05, 3.63) is 40.1 Å². The third-order valence-electron chi connectivity index (χ3n) is 2.02. The summed E-state index contributed by atoms with van der Waals surface area (Å²) < 4.78 is 0. The van der Waals surface area contributed by atoms with Crippen LogP contribution in [0.5, 0.6) is 5.75 Å². The summed E-state index contributed by atoms with van der Waals surface area (Å²) in [6, 6.07) is 4.33. The molecule has 0 bridgehead atoms. The molecule has 1 aromatic heterocycles. The lowest BCUT2D eigenvalue weighted by Gasteiger charge is -2.06. The quantitative estimate of drug-likeness (QED) is 0.735. The van der Waals surface area contributed by atoms with E-state index in [4.69, 9.17) is 23.2 Å². The maximum Gasteiger partial charge on any atom is 0.273 e. The minimum Gasteiger partial charge on any atom is -0.505 e. The molecule has 3 N–H and O–H groups in total. The van der Waals surface area contributed by atoms with Gasteiger partial charge in [0.1, 0.15) is 5.69 Å². The number of anilines is 1. The standard InChI is InChI=1S/C10H7Cl2N3O2/c11-6-3-5(4-7(12)9(6)16)14-10(17)8-1-2-13-15-8/h1-4,16H,(H,13,15)(H,14,17). The summed E-state index contributed by atoms with van der Waals surface area (Å²) in [6.45, 7) is 0. The van der Waals surface area contributed by atoms with Crippen molar-refractivity contribution in [2.24, 2.45) is 0 Å². The number of nitrogens with one attached hydrogen (secondary N) is 2. The molecule has 2 aromatic rings. The number of benzene rings is 1. The largest absolute Gasteiger partial charge is 0.505 e. The van der Waals surface area contributed by atoms with E-state index in [1.165, 1.54) is 24.4 Å². The highest BCUT2D eigenvalue weighted by molar-refractivity contribution is 6.37. The summed E-state index contributed by atoms with van der Waals surface area (Å²) in [5, 5.41) is 18.2. The lowest BCUT2D eigenvalue weighted by molar-refractivity contribution is 0.102. The number of phenolic OH excluding ortho intramolecular Hbond substituents is 1. The predicted octanol–water partition coefficient (Wildman–Crippen LogP) is 2.67. The average molecular weight is 272 g/mol. The van der Waals surface area contributed by atoms with E-state index in [1.807, 2.05) is 0 Å². The van der Waals surface area contributed by atoms with Gasteiger partial charge < -0.3 is 10.4 Å². The molecule has 0 aliphatic rings. The first kappa shape index (κ1) is 11.8. The molecule has 5 nitrogen and oxygen atoms in total. The van der Waals surface area contributed by atoms with Crippen molar-refractivity contribution in [2.45, 2.75) is 0 Å². The van der Waals surface area contributed by atoms with E-state index in [-0.39, 0.29) is 21.7 Å². The van der Waals surface area contributed by atoms with Crippen molar-refractivity contribution >= 4 is 34.8 Å². The molecule has 2 rings (SSSR count). The predicted molar refractivity (Wildman–Crippen MR) is 64.7 cm³/mol. The number of hydrogen-bond donors (Lipinski definition) is 3. The number of aromatic nitrogens is 2. The van der Waals surface area contributed by atoms with E-state index in [1.54, 1.807) is 0 Å². The number of hydrogen-bond acceptors (Lipinski definition) is 3. The van der Waals surface area contributed by atoms with Gasteiger partial charge in [-0.1, -0.05) is 23.2 Å². The van der Waals surface area contributed by atoms with Crippen molar-refractivity contribution in [3.8, 4) is 5.75 Å². The van der Waals surface area contributed by atoms with E-state index < -0.39 is 0 Å². The molecule has 17 heavy (non-hydrogen) atoms. The zero-order valence-corrected chi connectivity index (χ0v) is 9.88. The number of halogens is 2. The summed E-state index contributed by atoms with van der Waals surface area (Å²) in [4.78, 5) is 11.7. The zero-order chi connectivity index (χ0) is 12.4. The Balaban J connectivity index is 2.22. The summed E-state index contributed by atoms with van der Waals surface area (Å²) in [6.07, 6.45) is 1.46. The van der Waals surface area contributed by atoms with E-state index in [0.717, 1.165) is 0 Å². The lowest BCUT2D eigenvalue weighted by Crippen LogP contribution is -2.12. The molecular weight excluding hydrogens is 265 g/mol. The molecule has 1 amide bonds. The van der Waals surface area contributed by atoms with Gasteiger partial charge in [0.05, 0.1) is 10.0 Å². The minimum absolute atomic E-state index is 0.0670. The van der Waals surface area contributed by atoms with Gasteiger partial charge in [0.25, 0.3) is 5.91 Å². The van der Waals surface area contributed by atoms with Crippen LogP contribution in [-0.4, -0.2) is 21.2 Å². The summed E-state index contributed by atoms with van der Waals surface area (Å²) in [7, 11) is 0. The first-order chi connectivity index (χ1) is 8.08. The van der Waals surface area contributed by atoms with E-state index in [9.17, 15) is 9.90 Å². The van der Waals surface area contributed by atoms with Crippen LogP contribution in [0, 0.1) is 0 Å². The molecular formula is C10H7Cl2N3O2. The fourth-order valence-corrected chi connectivity index (χ4v) is 1.71. The van der Waals surface area contributed by atoms with Crippen LogP contribution in [0.1, 0.15) is 10.5 Å². The highest BCUT2D eigenvalue weighted by Gasteiger charge is 2.11. The van der Waals surface area contributed by atoms with Gasteiger partial charge in [0.2, 0.25) is 0 Å². The van der Waals surface area contributed by atoms with Gasteiger partial charge in [-0.05, 0) is 18.2 Å². The number of H-pyrrole nitrogens is 1. The van der Waals surface area contributed by atoms with Crippen LogP contribution in [0.25, 0.3) is 0 Å². The molecule has 0 saturated heterocycles. The minimum atomic E-state index is -0.375. The number of rotatable bonds is 2.